The van der Waals surface area contributed by atoms with E-state index >= 15 is 0 Å². The molecule has 0 unspecified atom stereocenters. The van der Waals surface area contributed by atoms with Crippen molar-refractivity contribution in [1.82, 2.24) is 9.21 Å². The van der Waals surface area contributed by atoms with Crippen molar-refractivity contribution >= 4 is 33.3 Å². The molecule has 3 aromatic rings. The number of urea groups is 1. The molecule has 0 saturated heterocycles. The molecule has 1 aliphatic heterocycles. The van der Waals surface area contributed by atoms with Crippen molar-refractivity contribution in [3.05, 3.63) is 84.2 Å². The largest absolute Gasteiger partial charge is 0.490 e. The van der Waals surface area contributed by atoms with Crippen molar-refractivity contribution in [3.63, 3.8) is 0 Å². The highest BCUT2D eigenvalue weighted by Gasteiger charge is 2.32. The van der Waals surface area contributed by atoms with Gasteiger partial charge in [0.2, 0.25) is 10.0 Å². The van der Waals surface area contributed by atoms with Gasteiger partial charge in [-0.2, -0.15) is 4.31 Å². The number of fused-ring (bicyclic) bond motifs is 1. The summed E-state index contributed by atoms with van der Waals surface area (Å²) in [6.45, 7) is 5.79. The minimum atomic E-state index is -3.79. The van der Waals surface area contributed by atoms with Crippen LogP contribution in [0, 0.1) is 11.7 Å². The second-order valence-corrected chi connectivity index (χ2v) is 14.2. The molecule has 0 radical (unpaired) electrons. The lowest BCUT2D eigenvalue weighted by Gasteiger charge is -2.35. The fourth-order valence-electron chi connectivity index (χ4n) is 5.41. The lowest BCUT2D eigenvalue weighted by molar-refractivity contribution is -0.00833. The summed E-state index contributed by atoms with van der Waals surface area (Å²) in [5.41, 5.74) is 0.890. The Kier molecular flexibility index (Phi) is 12.9. The topological polar surface area (TPSA) is 138 Å². The summed E-state index contributed by atoms with van der Waals surface area (Å²) in [5, 5.41) is 15.5. The number of likely N-dealkylation sites (N-methyl/N-ethyl adjacent to an activating group) is 1. The Labute approximate surface area is 282 Å². The van der Waals surface area contributed by atoms with Crippen LogP contribution in [0.1, 0.15) is 50.4 Å². The van der Waals surface area contributed by atoms with Crippen molar-refractivity contribution in [1.29, 1.82) is 0 Å². The predicted octanol–water partition coefficient (Wildman–Crippen LogP) is 5.59. The number of rotatable bonds is 8. The number of benzene rings is 3. The zero-order valence-electron chi connectivity index (χ0n) is 27.8. The van der Waals surface area contributed by atoms with Gasteiger partial charge in [-0.1, -0.05) is 25.1 Å². The monoisotopic (exact) mass is 684 g/mol. The molecule has 1 heterocycles. The first-order valence-electron chi connectivity index (χ1n) is 16.1. The summed E-state index contributed by atoms with van der Waals surface area (Å²) in [5.74, 6) is -0.879. The van der Waals surface area contributed by atoms with Crippen LogP contribution in [0.5, 0.6) is 5.75 Å². The second kappa shape index (κ2) is 16.9. The lowest BCUT2D eigenvalue weighted by Crippen LogP contribution is -2.48. The Hall–Kier alpha value is -4.04. The van der Waals surface area contributed by atoms with E-state index < -0.39 is 39.9 Å². The van der Waals surface area contributed by atoms with E-state index in [1.54, 1.807) is 49.4 Å². The van der Waals surface area contributed by atoms with E-state index in [0.29, 0.717) is 30.2 Å². The number of hydrogen-bond donors (Lipinski definition) is 3. The van der Waals surface area contributed by atoms with Crippen LogP contribution in [0.2, 0.25) is 0 Å². The first-order valence-corrected chi connectivity index (χ1v) is 17.5. The van der Waals surface area contributed by atoms with Crippen molar-refractivity contribution in [2.24, 2.45) is 5.92 Å². The molecule has 0 bridgehead atoms. The molecule has 0 aliphatic carbocycles. The standard InChI is InChI=1S/C35H45FN4O7S/c1-24-21-40(25(2)23-41)34(42)31-20-29(38-35(43)37-28-15-13-27(36)14-16-28)17-18-32(31)47-26(3)10-8-9-19-46-33(24)22-39(4)48(44,45)30-11-6-5-7-12-30/h5-7,11-18,20,24-26,33,41H,8-10,19,21-23H2,1-4H3,(H2,37,38,43)/t24-,25-,26-,33+/m1/s1. The number of anilines is 2. The summed E-state index contributed by atoms with van der Waals surface area (Å²) in [4.78, 5) is 28.8. The average Bonchev–Trinajstić information content (AvgIpc) is 3.07. The van der Waals surface area contributed by atoms with Gasteiger partial charge < -0.3 is 30.1 Å². The predicted molar refractivity (Wildman–Crippen MR) is 182 cm³/mol. The molecular weight excluding hydrogens is 639 g/mol. The SMILES string of the molecule is C[C@@H]1CCCCO[C@@H](CN(C)S(=O)(=O)c2ccccc2)[C@H](C)CN([C@H](C)CO)C(=O)c2cc(NC(=O)Nc3ccc(F)cc3)ccc2O1. The fraction of sp³-hybridized carbons (Fsp3) is 0.429. The molecule has 3 N–H and O–H groups in total. The van der Waals surface area contributed by atoms with E-state index in [4.69, 9.17) is 9.47 Å². The summed E-state index contributed by atoms with van der Waals surface area (Å²) in [7, 11) is -2.28. The molecule has 1 aliphatic rings. The quantitative estimate of drug-likeness (QED) is 0.282. The van der Waals surface area contributed by atoms with Crippen molar-refractivity contribution in [2.45, 2.75) is 63.2 Å². The normalized spacial score (nSPS) is 20.3. The Morgan fingerprint density at radius 2 is 1.71 bits per heavy atom. The van der Waals surface area contributed by atoms with Gasteiger partial charge in [-0.05, 0) is 87.7 Å². The van der Waals surface area contributed by atoms with Crippen molar-refractivity contribution in [2.75, 3.05) is 44.0 Å². The lowest BCUT2D eigenvalue weighted by atomic mass is 10.0. The van der Waals surface area contributed by atoms with E-state index in [1.165, 1.54) is 46.6 Å². The maximum absolute atomic E-state index is 14.3. The van der Waals surface area contributed by atoms with Gasteiger partial charge in [-0.3, -0.25) is 4.79 Å². The molecule has 0 spiro atoms. The minimum absolute atomic E-state index is 0.0568. The van der Waals surface area contributed by atoms with Crippen LogP contribution in [0.4, 0.5) is 20.6 Å². The number of ether oxygens (including phenoxy) is 2. The molecule has 4 atom stereocenters. The van der Waals surface area contributed by atoms with E-state index in [-0.39, 0.29) is 42.2 Å². The zero-order valence-corrected chi connectivity index (χ0v) is 28.6. The maximum Gasteiger partial charge on any atom is 0.323 e. The van der Waals surface area contributed by atoms with Crippen LogP contribution in [0.3, 0.4) is 0 Å². The number of nitrogens with zero attached hydrogens (tertiary/aromatic N) is 2. The second-order valence-electron chi connectivity index (χ2n) is 12.2. The highest BCUT2D eigenvalue weighted by molar-refractivity contribution is 7.89. The average molecular weight is 685 g/mol. The molecule has 11 nitrogen and oxygen atoms in total. The number of aliphatic hydroxyl groups is 1. The Morgan fingerprint density at radius 3 is 2.40 bits per heavy atom. The minimum Gasteiger partial charge on any atom is -0.490 e. The number of aliphatic hydroxyl groups excluding tert-OH is 1. The van der Waals surface area contributed by atoms with Crippen LogP contribution in [-0.4, -0.2) is 86.3 Å². The third kappa shape index (κ3) is 9.75. The number of hydrogen-bond acceptors (Lipinski definition) is 7. The number of sulfonamides is 1. The van der Waals surface area contributed by atoms with Gasteiger partial charge in [-0.25, -0.2) is 17.6 Å². The molecule has 260 valence electrons. The van der Waals surface area contributed by atoms with Gasteiger partial charge in [0.25, 0.3) is 5.91 Å². The van der Waals surface area contributed by atoms with E-state index in [1.807, 2.05) is 13.8 Å². The van der Waals surface area contributed by atoms with E-state index in [0.717, 1.165) is 12.8 Å². The first kappa shape index (κ1) is 36.8. The zero-order chi connectivity index (χ0) is 34.8. The van der Waals surface area contributed by atoms with Gasteiger partial charge in [-0.15, -0.1) is 0 Å². The maximum atomic E-state index is 14.3. The molecule has 3 amide bonds. The molecule has 4 rings (SSSR count). The number of carbonyl (C=O) groups is 2. The number of amides is 3. The van der Waals surface area contributed by atoms with Gasteiger partial charge in [0, 0.05) is 44.0 Å². The van der Waals surface area contributed by atoms with Crippen LogP contribution < -0.4 is 15.4 Å². The molecule has 3 aromatic carbocycles. The van der Waals surface area contributed by atoms with Crippen LogP contribution >= 0.6 is 0 Å². The number of halogens is 1. The Morgan fingerprint density at radius 1 is 1.04 bits per heavy atom. The van der Waals surface area contributed by atoms with E-state index in [2.05, 4.69) is 10.6 Å². The highest BCUT2D eigenvalue weighted by atomic mass is 32.2. The van der Waals surface area contributed by atoms with E-state index in [9.17, 15) is 27.5 Å². The smallest absolute Gasteiger partial charge is 0.323 e. The molecule has 0 fully saturated rings. The number of nitrogens with one attached hydrogen (secondary N) is 2. The molecule has 13 heteroatoms. The molecule has 0 saturated carbocycles. The van der Waals surface area contributed by atoms with Gasteiger partial charge in [0.1, 0.15) is 11.6 Å². The van der Waals surface area contributed by atoms with Gasteiger partial charge in [0.15, 0.2) is 0 Å². The van der Waals surface area contributed by atoms with Crippen LogP contribution in [0.15, 0.2) is 77.7 Å². The summed E-state index contributed by atoms with van der Waals surface area (Å²) < 4.78 is 53.8. The fourth-order valence-corrected chi connectivity index (χ4v) is 6.62. The van der Waals surface area contributed by atoms with Crippen molar-refractivity contribution in [3.8, 4) is 5.75 Å². The summed E-state index contributed by atoms with van der Waals surface area (Å²) >= 11 is 0. The summed E-state index contributed by atoms with van der Waals surface area (Å²) in [6.07, 6.45) is 1.37. The molecule has 0 aromatic heterocycles. The summed E-state index contributed by atoms with van der Waals surface area (Å²) in [6, 6.07) is 17.1. The van der Waals surface area contributed by atoms with Gasteiger partial charge >= 0.3 is 6.03 Å². The van der Waals surface area contributed by atoms with Crippen molar-refractivity contribution < 1.29 is 37.0 Å². The third-order valence-electron chi connectivity index (χ3n) is 8.30. The Balaban J connectivity index is 1.62. The molecule has 48 heavy (non-hydrogen) atoms. The van der Waals surface area contributed by atoms with Crippen LogP contribution in [-0.2, 0) is 14.8 Å². The first-order chi connectivity index (χ1) is 22.9. The molecular formula is C35H45FN4O7S. The third-order valence-corrected chi connectivity index (χ3v) is 10.1. The Bertz CT molecular complexity index is 1630. The van der Waals surface area contributed by atoms with Crippen LogP contribution in [0.25, 0.3) is 0 Å². The van der Waals surface area contributed by atoms with Gasteiger partial charge in [0.05, 0.1) is 35.3 Å². The number of carbonyl (C=O) groups excluding carboxylic acids is 2. The highest BCUT2D eigenvalue weighted by Crippen LogP contribution is 2.29.